The third-order valence-electron chi connectivity index (χ3n) is 0.640. The minimum atomic E-state index is -1.21. The Labute approximate surface area is 56.1 Å². The first kappa shape index (κ1) is 8.14. The van der Waals surface area contributed by atoms with Gasteiger partial charge in [0.05, 0.1) is 5.88 Å². The van der Waals surface area contributed by atoms with Crippen molar-refractivity contribution in [3.8, 4) is 0 Å². The zero-order valence-corrected chi connectivity index (χ0v) is 5.13. The van der Waals surface area contributed by atoms with Crippen LogP contribution >= 0.6 is 11.6 Å². The Morgan fingerprint density at radius 2 is 2.44 bits per heavy atom. The number of aliphatic imine (C=N–C) groups is 1. The van der Waals surface area contributed by atoms with Crippen LogP contribution in [-0.2, 0) is 9.59 Å². The number of alkyl halides is 1. The monoisotopic (exact) mass is 149 g/mol. The quantitative estimate of drug-likeness (QED) is 0.349. The summed E-state index contributed by atoms with van der Waals surface area (Å²) in [5, 5.41) is 8.15. The molecule has 0 heterocycles. The van der Waals surface area contributed by atoms with E-state index in [1.54, 1.807) is 0 Å². The highest BCUT2D eigenvalue weighted by Gasteiger charge is 2.13. The third kappa shape index (κ3) is 2.85. The average Bonchev–Trinajstić information content (AvgIpc) is 1.82. The van der Waals surface area contributed by atoms with E-state index in [-0.39, 0.29) is 5.88 Å². The molecular weight excluding hydrogens is 146 g/mol. The van der Waals surface area contributed by atoms with Crippen LogP contribution in [0.15, 0.2) is 4.99 Å². The number of isocyanates is 1. The molecule has 0 rings (SSSR count). The van der Waals surface area contributed by atoms with Crippen LogP contribution in [0.2, 0.25) is 0 Å². The highest BCUT2D eigenvalue weighted by molar-refractivity contribution is 6.19. The molecule has 0 aliphatic heterocycles. The van der Waals surface area contributed by atoms with Crippen LogP contribution in [0, 0.1) is 0 Å². The molecule has 0 aromatic heterocycles. The van der Waals surface area contributed by atoms with Crippen LogP contribution in [0.1, 0.15) is 0 Å². The molecule has 4 nitrogen and oxygen atoms in total. The summed E-state index contributed by atoms with van der Waals surface area (Å²) in [5.74, 6) is -1.42. The van der Waals surface area contributed by atoms with Crippen molar-refractivity contribution in [1.82, 2.24) is 0 Å². The van der Waals surface area contributed by atoms with Crippen molar-refractivity contribution < 1.29 is 14.7 Å². The molecule has 0 aromatic rings. The van der Waals surface area contributed by atoms with E-state index in [4.69, 9.17) is 16.7 Å². The number of hydrogen-bond donors (Lipinski definition) is 1. The number of hydrogen-bond acceptors (Lipinski definition) is 3. The van der Waals surface area contributed by atoms with Crippen LogP contribution in [0.5, 0.6) is 0 Å². The van der Waals surface area contributed by atoms with E-state index in [1.807, 2.05) is 0 Å². The average molecular weight is 150 g/mol. The molecule has 1 N–H and O–H groups in total. The SMILES string of the molecule is O=C=N[C@@H](CCl)C(=O)O. The van der Waals surface area contributed by atoms with Gasteiger partial charge in [-0.3, -0.25) is 0 Å². The van der Waals surface area contributed by atoms with Gasteiger partial charge in [0.1, 0.15) is 0 Å². The number of carbonyl (C=O) groups is 1. The normalized spacial score (nSPS) is 11.7. The van der Waals surface area contributed by atoms with Gasteiger partial charge in [0, 0.05) is 0 Å². The molecule has 1 atom stereocenters. The molecule has 0 fully saturated rings. The van der Waals surface area contributed by atoms with Gasteiger partial charge < -0.3 is 5.11 Å². The molecule has 0 unspecified atom stereocenters. The third-order valence-corrected chi connectivity index (χ3v) is 0.932. The fourth-order valence-electron chi connectivity index (χ4n) is 0.219. The van der Waals surface area contributed by atoms with Crippen LogP contribution < -0.4 is 0 Å². The van der Waals surface area contributed by atoms with Crippen molar-refractivity contribution in [2.24, 2.45) is 4.99 Å². The smallest absolute Gasteiger partial charge is 0.330 e. The van der Waals surface area contributed by atoms with E-state index in [2.05, 4.69) is 4.99 Å². The van der Waals surface area contributed by atoms with Crippen LogP contribution in [0.4, 0.5) is 0 Å². The van der Waals surface area contributed by atoms with Crippen molar-refractivity contribution in [2.75, 3.05) is 5.88 Å². The second kappa shape index (κ2) is 4.06. The van der Waals surface area contributed by atoms with E-state index in [0.29, 0.717) is 0 Å². The van der Waals surface area contributed by atoms with Gasteiger partial charge in [0.15, 0.2) is 6.04 Å². The Kier molecular flexibility index (Phi) is 3.67. The molecule has 0 aromatic carbocycles. The maximum atomic E-state index is 9.96. The summed E-state index contributed by atoms with van der Waals surface area (Å²) in [6.07, 6.45) is 1.11. The first-order chi connectivity index (χ1) is 4.22. The lowest BCUT2D eigenvalue weighted by Gasteiger charge is -1.95. The summed E-state index contributed by atoms with van der Waals surface area (Å²) in [6, 6.07) is -1.15. The molecule has 0 amide bonds. The molecule has 0 saturated heterocycles. The minimum absolute atomic E-state index is 0.204. The highest BCUT2D eigenvalue weighted by Crippen LogP contribution is 1.92. The Bertz CT molecular complexity index is 150. The summed E-state index contributed by atoms with van der Waals surface area (Å²) in [5.41, 5.74) is 0. The number of carbonyl (C=O) groups excluding carboxylic acids is 1. The molecule has 0 aliphatic carbocycles. The van der Waals surface area contributed by atoms with Gasteiger partial charge >= 0.3 is 5.97 Å². The molecule has 0 aliphatic rings. The second-order valence-corrected chi connectivity index (χ2v) is 1.54. The van der Waals surface area contributed by atoms with E-state index in [1.165, 1.54) is 0 Å². The lowest BCUT2D eigenvalue weighted by Crippen LogP contribution is -2.18. The molecule has 0 bridgehead atoms. The molecular formula is C4H4ClNO3. The first-order valence-corrected chi connectivity index (χ1v) is 2.61. The maximum Gasteiger partial charge on any atom is 0.330 e. The van der Waals surface area contributed by atoms with Crippen molar-refractivity contribution in [1.29, 1.82) is 0 Å². The zero-order valence-electron chi connectivity index (χ0n) is 4.37. The summed E-state index contributed by atoms with van der Waals surface area (Å²) in [6.45, 7) is 0. The van der Waals surface area contributed by atoms with Crippen LogP contribution in [0.3, 0.4) is 0 Å². The summed E-state index contributed by atoms with van der Waals surface area (Å²) >= 11 is 5.09. The van der Waals surface area contributed by atoms with E-state index in [0.717, 1.165) is 6.08 Å². The zero-order chi connectivity index (χ0) is 7.28. The first-order valence-electron chi connectivity index (χ1n) is 2.08. The van der Waals surface area contributed by atoms with Gasteiger partial charge in [0.2, 0.25) is 6.08 Å². The van der Waals surface area contributed by atoms with Gasteiger partial charge in [-0.1, -0.05) is 0 Å². The van der Waals surface area contributed by atoms with Gasteiger partial charge in [-0.25, -0.2) is 9.59 Å². The fourth-order valence-corrected chi connectivity index (χ4v) is 0.420. The Balaban J connectivity index is 3.98. The van der Waals surface area contributed by atoms with Crippen molar-refractivity contribution in [3.05, 3.63) is 0 Å². The predicted molar refractivity (Wildman–Crippen MR) is 30.3 cm³/mol. The lowest BCUT2D eigenvalue weighted by atomic mass is 10.4. The van der Waals surface area contributed by atoms with Gasteiger partial charge in [-0.2, -0.15) is 4.99 Å². The largest absolute Gasteiger partial charge is 0.480 e. The number of rotatable bonds is 3. The van der Waals surface area contributed by atoms with Crippen LogP contribution in [-0.4, -0.2) is 29.1 Å². The van der Waals surface area contributed by atoms with Crippen LogP contribution in [0.25, 0.3) is 0 Å². The summed E-state index contributed by atoms with van der Waals surface area (Å²) in [4.78, 5) is 22.3. The van der Waals surface area contributed by atoms with Gasteiger partial charge in [-0.15, -0.1) is 11.6 Å². The number of aliphatic carboxylic acids is 1. The molecule has 9 heavy (non-hydrogen) atoms. The van der Waals surface area contributed by atoms with Crippen molar-refractivity contribution in [3.63, 3.8) is 0 Å². The second-order valence-electron chi connectivity index (χ2n) is 1.23. The van der Waals surface area contributed by atoms with E-state index >= 15 is 0 Å². The maximum absolute atomic E-state index is 9.96. The molecule has 0 radical (unpaired) electrons. The molecule has 0 saturated carbocycles. The van der Waals surface area contributed by atoms with E-state index in [9.17, 15) is 9.59 Å². The summed E-state index contributed by atoms with van der Waals surface area (Å²) in [7, 11) is 0. The number of carboxylic acids is 1. The Morgan fingerprint density at radius 1 is 1.89 bits per heavy atom. The molecule has 50 valence electrons. The number of carboxylic acid groups (broad SMARTS) is 1. The number of nitrogens with zero attached hydrogens (tertiary/aromatic N) is 1. The van der Waals surface area contributed by atoms with Gasteiger partial charge in [-0.05, 0) is 0 Å². The number of halogens is 1. The summed E-state index contributed by atoms with van der Waals surface area (Å²) < 4.78 is 0. The highest BCUT2D eigenvalue weighted by atomic mass is 35.5. The predicted octanol–water partition coefficient (Wildman–Crippen LogP) is 0.0142. The lowest BCUT2D eigenvalue weighted by molar-refractivity contribution is -0.137. The standard InChI is InChI=1S/C4H4ClNO3/c5-1-3(4(8)9)6-2-7/h3H,1H2,(H,8,9)/t3-/m0/s1. The van der Waals surface area contributed by atoms with Gasteiger partial charge in [0.25, 0.3) is 0 Å². The van der Waals surface area contributed by atoms with E-state index < -0.39 is 12.0 Å². The fraction of sp³-hybridized carbons (Fsp3) is 0.500. The Morgan fingerprint density at radius 3 is 2.56 bits per heavy atom. The topological polar surface area (TPSA) is 66.7 Å². The molecule has 5 heteroatoms. The minimum Gasteiger partial charge on any atom is -0.480 e. The Hall–Kier alpha value is -0.860. The van der Waals surface area contributed by atoms with Crippen molar-refractivity contribution in [2.45, 2.75) is 6.04 Å². The van der Waals surface area contributed by atoms with Crippen molar-refractivity contribution >= 4 is 23.7 Å². The molecule has 0 spiro atoms.